The summed E-state index contributed by atoms with van der Waals surface area (Å²) in [6.45, 7) is 2.07. The zero-order valence-electron chi connectivity index (χ0n) is 15.9. The molecule has 0 saturated carbocycles. The molecule has 2 atom stereocenters. The summed E-state index contributed by atoms with van der Waals surface area (Å²) in [4.78, 5) is 11.3. The van der Waals surface area contributed by atoms with Crippen LogP contribution in [0.4, 0.5) is 0 Å². The van der Waals surface area contributed by atoms with Crippen molar-refractivity contribution in [3.8, 4) is 0 Å². The Balaban J connectivity index is 1.38. The van der Waals surface area contributed by atoms with Crippen molar-refractivity contribution in [2.24, 2.45) is 5.73 Å². The number of epoxide rings is 1. The topological polar surface area (TPSA) is 55.6 Å². The van der Waals surface area contributed by atoms with Crippen molar-refractivity contribution in [3.05, 3.63) is 69.7 Å². The Labute approximate surface area is 166 Å². The maximum absolute atomic E-state index is 11.3. The van der Waals surface area contributed by atoms with Crippen LogP contribution in [0.2, 0.25) is 5.02 Å². The van der Waals surface area contributed by atoms with E-state index in [1.807, 2.05) is 12.1 Å². The molecule has 0 aromatic heterocycles. The van der Waals surface area contributed by atoms with E-state index in [1.165, 1.54) is 42.4 Å². The second-order valence-corrected chi connectivity index (χ2v) is 7.91. The molecular weight excluding hydrogens is 358 g/mol. The smallest absolute Gasteiger partial charge is 0.249 e. The number of hydrogen-bond acceptors (Lipinski definition) is 2. The standard InChI is InChI=1S/C23H28ClNO2/c1-16-9-12-18(20(15-16)21-22(27-21)23(25)26)8-6-4-2-3-5-7-17-10-13-19(24)14-11-17/h9-15,21-22H,2-8H2,1H3,(H2,25,26)/t21-,22+/m0/s1. The lowest BCUT2D eigenvalue weighted by Gasteiger charge is -2.09. The Morgan fingerprint density at radius 1 is 1.00 bits per heavy atom. The van der Waals surface area contributed by atoms with Crippen molar-refractivity contribution < 1.29 is 9.53 Å². The molecule has 1 aliphatic rings. The molecule has 1 amide bonds. The van der Waals surface area contributed by atoms with Crippen LogP contribution in [0, 0.1) is 6.92 Å². The molecule has 3 nitrogen and oxygen atoms in total. The highest BCUT2D eigenvalue weighted by molar-refractivity contribution is 6.30. The monoisotopic (exact) mass is 385 g/mol. The minimum atomic E-state index is -0.446. The minimum absolute atomic E-state index is 0.142. The van der Waals surface area contributed by atoms with Gasteiger partial charge in [0, 0.05) is 5.02 Å². The maximum Gasteiger partial charge on any atom is 0.249 e. The zero-order valence-corrected chi connectivity index (χ0v) is 16.7. The first-order valence-electron chi connectivity index (χ1n) is 9.83. The molecule has 1 heterocycles. The fourth-order valence-corrected chi connectivity index (χ4v) is 3.72. The van der Waals surface area contributed by atoms with Crippen LogP contribution in [0.15, 0.2) is 42.5 Å². The van der Waals surface area contributed by atoms with Gasteiger partial charge in [-0.2, -0.15) is 0 Å². The Kier molecular flexibility index (Phi) is 6.92. The first kappa shape index (κ1) is 19.9. The van der Waals surface area contributed by atoms with Crippen LogP contribution in [0.1, 0.15) is 60.5 Å². The Morgan fingerprint density at radius 3 is 2.33 bits per heavy atom. The van der Waals surface area contributed by atoms with E-state index in [1.54, 1.807) is 0 Å². The molecule has 144 valence electrons. The molecule has 2 aromatic rings. The van der Waals surface area contributed by atoms with E-state index in [2.05, 4.69) is 37.3 Å². The number of halogens is 1. The molecule has 4 heteroatoms. The van der Waals surface area contributed by atoms with Crippen molar-refractivity contribution in [1.82, 2.24) is 0 Å². The third kappa shape index (κ3) is 5.82. The molecular formula is C23H28ClNO2. The summed E-state index contributed by atoms with van der Waals surface area (Å²) in [6, 6.07) is 14.6. The molecule has 0 radical (unpaired) electrons. The number of unbranched alkanes of at least 4 members (excludes halogenated alkanes) is 4. The van der Waals surface area contributed by atoms with Gasteiger partial charge in [0.25, 0.3) is 0 Å². The molecule has 0 aliphatic carbocycles. The number of hydrogen-bond donors (Lipinski definition) is 1. The van der Waals surface area contributed by atoms with Gasteiger partial charge in [-0.3, -0.25) is 4.79 Å². The summed E-state index contributed by atoms with van der Waals surface area (Å²) in [6.07, 6.45) is 7.65. The van der Waals surface area contributed by atoms with Crippen molar-refractivity contribution in [3.63, 3.8) is 0 Å². The second kappa shape index (κ2) is 9.38. The van der Waals surface area contributed by atoms with Gasteiger partial charge in [0.05, 0.1) is 0 Å². The molecule has 2 aromatic carbocycles. The largest absolute Gasteiger partial charge is 0.367 e. The van der Waals surface area contributed by atoms with Crippen molar-refractivity contribution in [1.29, 1.82) is 0 Å². The van der Waals surface area contributed by atoms with E-state index >= 15 is 0 Å². The quantitative estimate of drug-likeness (QED) is 0.445. The lowest BCUT2D eigenvalue weighted by atomic mass is 9.95. The Hall–Kier alpha value is -1.84. The lowest BCUT2D eigenvalue weighted by molar-refractivity contribution is -0.119. The first-order valence-corrected chi connectivity index (χ1v) is 10.2. The third-order valence-electron chi connectivity index (χ3n) is 5.20. The molecule has 0 spiro atoms. The second-order valence-electron chi connectivity index (χ2n) is 7.48. The highest BCUT2D eigenvalue weighted by Gasteiger charge is 2.45. The van der Waals surface area contributed by atoms with Gasteiger partial charge in [0.1, 0.15) is 6.10 Å². The molecule has 27 heavy (non-hydrogen) atoms. The number of amides is 1. The van der Waals surface area contributed by atoms with Crippen molar-refractivity contribution >= 4 is 17.5 Å². The van der Waals surface area contributed by atoms with Crippen LogP contribution in [0.25, 0.3) is 0 Å². The number of primary amides is 1. The summed E-state index contributed by atoms with van der Waals surface area (Å²) >= 11 is 5.92. The van der Waals surface area contributed by atoms with Gasteiger partial charge in [-0.25, -0.2) is 0 Å². The number of aryl methyl sites for hydroxylation is 3. The Morgan fingerprint density at radius 2 is 1.67 bits per heavy atom. The van der Waals surface area contributed by atoms with Gasteiger partial charge in [-0.05, 0) is 61.4 Å². The highest BCUT2D eigenvalue weighted by Crippen LogP contribution is 2.40. The van der Waals surface area contributed by atoms with Gasteiger partial charge in [0.2, 0.25) is 5.91 Å². The molecule has 0 unspecified atom stereocenters. The van der Waals surface area contributed by atoms with E-state index in [0.717, 1.165) is 29.8 Å². The van der Waals surface area contributed by atoms with Gasteiger partial charge < -0.3 is 10.5 Å². The fourth-order valence-electron chi connectivity index (χ4n) is 3.60. The molecule has 1 aliphatic heterocycles. The van der Waals surface area contributed by atoms with Crippen LogP contribution in [0.3, 0.4) is 0 Å². The van der Waals surface area contributed by atoms with Gasteiger partial charge in [-0.1, -0.05) is 66.8 Å². The number of rotatable bonds is 10. The summed E-state index contributed by atoms with van der Waals surface area (Å²) in [5.74, 6) is -0.367. The zero-order chi connectivity index (χ0) is 19.2. The van der Waals surface area contributed by atoms with Crippen molar-refractivity contribution in [2.45, 2.75) is 64.1 Å². The number of benzene rings is 2. The van der Waals surface area contributed by atoms with Crippen LogP contribution in [-0.4, -0.2) is 12.0 Å². The first-order chi connectivity index (χ1) is 13.0. The summed E-state index contributed by atoms with van der Waals surface area (Å²) in [7, 11) is 0. The van der Waals surface area contributed by atoms with E-state index in [0.29, 0.717) is 0 Å². The minimum Gasteiger partial charge on any atom is -0.367 e. The molecule has 2 N–H and O–H groups in total. The van der Waals surface area contributed by atoms with E-state index in [9.17, 15) is 4.79 Å². The predicted molar refractivity (Wildman–Crippen MR) is 110 cm³/mol. The average molecular weight is 386 g/mol. The summed E-state index contributed by atoms with van der Waals surface area (Å²) in [5, 5.41) is 0.799. The third-order valence-corrected chi connectivity index (χ3v) is 5.46. The summed E-state index contributed by atoms with van der Waals surface area (Å²) in [5.41, 5.74) is 10.3. The van der Waals surface area contributed by atoms with Crippen LogP contribution >= 0.6 is 11.6 Å². The van der Waals surface area contributed by atoms with Gasteiger partial charge in [-0.15, -0.1) is 0 Å². The summed E-state index contributed by atoms with van der Waals surface area (Å²) < 4.78 is 5.49. The van der Waals surface area contributed by atoms with E-state index in [-0.39, 0.29) is 12.0 Å². The van der Waals surface area contributed by atoms with E-state index < -0.39 is 6.10 Å². The van der Waals surface area contributed by atoms with Crippen molar-refractivity contribution in [2.75, 3.05) is 0 Å². The molecule has 0 bridgehead atoms. The molecule has 3 rings (SSSR count). The van der Waals surface area contributed by atoms with Gasteiger partial charge in [0.15, 0.2) is 6.10 Å². The van der Waals surface area contributed by atoms with Crippen LogP contribution in [0.5, 0.6) is 0 Å². The van der Waals surface area contributed by atoms with Crippen LogP contribution in [-0.2, 0) is 22.4 Å². The van der Waals surface area contributed by atoms with Crippen LogP contribution < -0.4 is 5.73 Å². The SMILES string of the molecule is Cc1ccc(CCCCCCCc2ccc(Cl)cc2)c([C@@H]2O[C@H]2C(N)=O)c1. The molecule has 1 fully saturated rings. The Bertz CT molecular complexity index is 772. The predicted octanol–water partition coefficient (Wildman–Crippen LogP) is 5.31. The van der Waals surface area contributed by atoms with E-state index in [4.69, 9.17) is 22.1 Å². The fraction of sp³-hybridized carbons (Fsp3) is 0.435. The number of carbonyl (C=O) groups excluding carboxylic acids is 1. The number of carbonyl (C=O) groups is 1. The normalized spacial score (nSPS) is 18.4. The maximum atomic E-state index is 11.3. The highest BCUT2D eigenvalue weighted by atomic mass is 35.5. The lowest BCUT2D eigenvalue weighted by Crippen LogP contribution is -2.18. The van der Waals surface area contributed by atoms with Gasteiger partial charge >= 0.3 is 0 Å². The average Bonchev–Trinajstić information content (AvgIpc) is 3.44. The molecule has 1 saturated heterocycles. The number of ether oxygens (including phenoxy) is 1. The number of nitrogens with two attached hydrogens (primary N) is 1.